The number of amides is 1. The van der Waals surface area contributed by atoms with Crippen LogP contribution < -0.4 is 5.32 Å². The molecule has 1 atom stereocenters. The Bertz CT molecular complexity index is 952. The number of benzene rings is 1. The van der Waals surface area contributed by atoms with Crippen molar-refractivity contribution in [2.75, 3.05) is 50.8 Å². The van der Waals surface area contributed by atoms with Crippen LogP contribution in [0.2, 0.25) is 0 Å². The lowest BCUT2D eigenvalue weighted by Crippen LogP contribution is -2.49. The van der Waals surface area contributed by atoms with Crippen molar-refractivity contribution in [2.24, 2.45) is 5.92 Å². The summed E-state index contributed by atoms with van der Waals surface area (Å²) in [6.45, 7) is 4.75. The number of rotatable bonds is 7. The number of carbonyl (C=O) groups is 1. The largest absolute Gasteiger partial charge is 0.447 e. The number of hydrogen-bond acceptors (Lipinski definition) is 7. The van der Waals surface area contributed by atoms with Crippen molar-refractivity contribution in [1.29, 1.82) is 0 Å². The van der Waals surface area contributed by atoms with Gasteiger partial charge in [-0.1, -0.05) is 30.3 Å². The average molecular weight is 433 g/mol. The minimum Gasteiger partial charge on any atom is -0.447 e. The van der Waals surface area contributed by atoms with E-state index < -0.39 is 9.84 Å². The minimum atomic E-state index is -2.90. The van der Waals surface area contributed by atoms with Crippen molar-refractivity contribution in [1.82, 2.24) is 20.1 Å². The van der Waals surface area contributed by atoms with Gasteiger partial charge in [-0.2, -0.15) is 0 Å². The Kier molecular flexibility index (Phi) is 6.50. The monoisotopic (exact) mass is 432 g/mol. The first-order valence-electron chi connectivity index (χ1n) is 10.4. The summed E-state index contributed by atoms with van der Waals surface area (Å²) in [5.74, 6) is 1.16. The van der Waals surface area contributed by atoms with Crippen molar-refractivity contribution in [3.05, 3.63) is 42.5 Å². The van der Waals surface area contributed by atoms with Crippen LogP contribution in [0.3, 0.4) is 0 Å². The number of nitrogens with one attached hydrogen (secondary N) is 1. The Morgan fingerprint density at radius 1 is 1.13 bits per heavy atom. The average Bonchev–Trinajstić information content (AvgIpc) is 3.34. The summed E-state index contributed by atoms with van der Waals surface area (Å²) in [5.41, 5.74) is 1.88. The number of sulfone groups is 1. The predicted molar refractivity (Wildman–Crippen MR) is 113 cm³/mol. The zero-order chi connectivity index (χ0) is 21.0. The van der Waals surface area contributed by atoms with Crippen LogP contribution in [0.25, 0.3) is 11.3 Å². The molecule has 0 bridgehead atoms. The van der Waals surface area contributed by atoms with Crippen LogP contribution in [0.1, 0.15) is 12.3 Å². The third-order valence-electron chi connectivity index (χ3n) is 5.73. The Balaban J connectivity index is 1.17. The van der Waals surface area contributed by atoms with Gasteiger partial charge in [-0.15, -0.1) is 0 Å². The maximum absolute atomic E-state index is 12.2. The molecule has 1 N–H and O–H groups in total. The van der Waals surface area contributed by atoms with E-state index in [9.17, 15) is 13.2 Å². The molecule has 2 aliphatic rings. The standard InChI is InChI=1S/C21H28N4O4S/c26-20(22-12-17-6-11-30(27,28)16-17)13-24-7-9-25(10-8-24)14-21-23-19(15-29-21)18-4-2-1-3-5-18/h1-5,15,17H,6-14,16H2,(H,22,26). The molecule has 1 aromatic heterocycles. The highest BCUT2D eigenvalue weighted by Gasteiger charge is 2.28. The van der Waals surface area contributed by atoms with Crippen molar-refractivity contribution < 1.29 is 17.6 Å². The normalized spacial score (nSPS) is 22.2. The van der Waals surface area contributed by atoms with Gasteiger partial charge in [0.15, 0.2) is 9.84 Å². The summed E-state index contributed by atoms with van der Waals surface area (Å²) in [6, 6.07) is 9.96. The van der Waals surface area contributed by atoms with Gasteiger partial charge in [-0.25, -0.2) is 13.4 Å². The lowest BCUT2D eigenvalue weighted by atomic mass is 10.1. The van der Waals surface area contributed by atoms with Crippen LogP contribution in [-0.2, 0) is 21.2 Å². The summed E-state index contributed by atoms with van der Waals surface area (Å²) in [7, 11) is -2.90. The molecule has 1 aromatic carbocycles. The fourth-order valence-corrected chi connectivity index (χ4v) is 5.83. The lowest BCUT2D eigenvalue weighted by Gasteiger charge is -2.33. The third-order valence-corrected chi connectivity index (χ3v) is 7.56. The number of piperazine rings is 1. The van der Waals surface area contributed by atoms with Crippen molar-refractivity contribution >= 4 is 15.7 Å². The second-order valence-electron chi connectivity index (χ2n) is 8.12. The molecule has 2 saturated heterocycles. The fraction of sp³-hybridized carbons (Fsp3) is 0.524. The van der Waals surface area contributed by atoms with Crippen LogP contribution in [0, 0.1) is 5.92 Å². The van der Waals surface area contributed by atoms with Gasteiger partial charge in [0.1, 0.15) is 12.0 Å². The SMILES string of the molecule is O=C(CN1CCN(Cc2nc(-c3ccccc3)co2)CC1)NCC1CCS(=O)(=O)C1. The first-order valence-corrected chi connectivity index (χ1v) is 12.2. The predicted octanol–water partition coefficient (Wildman–Crippen LogP) is 1.01. The molecule has 0 spiro atoms. The van der Waals surface area contributed by atoms with E-state index in [1.807, 2.05) is 30.3 Å². The van der Waals surface area contributed by atoms with Crippen molar-refractivity contribution in [2.45, 2.75) is 13.0 Å². The zero-order valence-corrected chi connectivity index (χ0v) is 17.8. The minimum absolute atomic E-state index is 0.0343. The van der Waals surface area contributed by atoms with Crippen molar-refractivity contribution in [3.63, 3.8) is 0 Å². The maximum Gasteiger partial charge on any atom is 0.234 e. The first-order chi connectivity index (χ1) is 14.5. The molecule has 0 aliphatic carbocycles. The molecule has 4 rings (SSSR count). The summed E-state index contributed by atoms with van der Waals surface area (Å²) in [4.78, 5) is 21.2. The van der Waals surface area contributed by atoms with Crippen LogP contribution in [0.15, 0.2) is 41.0 Å². The van der Waals surface area contributed by atoms with E-state index in [1.165, 1.54) is 0 Å². The number of carbonyl (C=O) groups excluding carboxylic acids is 1. The quantitative estimate of drug-likeness (QED) is 0.698. The van der Waals surface area contributed by atoms with Gasteiger partial charge in [-0.3, -0.25) is 14.6 Å². The van der Waals surface area contributed by atoms with Crippen LogP contribution in [-0.4, -0.2) is 79.9 Å². The van der Waals surface area contributed by atoms with E-state index in [0.717, 1.165) is 37.4 Å². The molecule has 1 amide bonds. The van der Waals surface area contributed by atoms with Gasteiger partial charge >= 0.3 is 0 Å². The van der Waals surface area contributed by atoms with Crippen LogP contribution in [0.5, 0.6) is 0 Å². The molecule has 2 fully saturated rings. The molecule has 0 saturated carbocycles. The molecule has 0 radical (unpaired) electrons. The van der Waals surface area contributed by atoms with E-state index in [1.54, 1.807) is 6.26 Å². The van der Waals surface area contributed by atoms with E-state index in [2.05, 4.69) is 20.1 Å². The smallest absolute Gasteiger partial charge is 0.234 e. The number of hydrogen-bond donors (Lipinski definition) is 1. The van der Waals surface area contributed by atoms with Gasteiger partial charge in [0.25, 0.3) is 0 Å². The van der Waals surface area contributed by atoms with Gasteiger partial charge in [0.2, 0.25) is 11.8 Å². The topological polar surface area (TPSA) is 95.8 Å². The van der Waals surface area contributed by atoms with Gasteiger partial charge in [-0.05, 0) is 12.3 Å². The van der Waals surface area contributed by atoms with Gasteiger partial charge in [0, 0.05) is 38.3 Å². The second kappa shape index (κ2) is 9.28. The molecule has 9 heteroatoms. The number of nitrogens with zero attached hydrogens (tertiary/aromatic N) is 3. The molecule has 2 aliphatic heterocycles. The highest BCUT2D eigenvalue weighted by molar-refractivity contribution is 7.91. The molecular formula is C21H28N4O4S. The highest BCUT2D eigenvalue weighted by Crippen LogP contribution is 2.19. The van der Waals surface area contributed by atoms with E-state index in [0.29, 0.717) is 31.9 Å². The summed E-state index contributed by atoms with van der Waals surface area (Å²) in [5, 5.41) is 2.90. The Hall–Kier alpha value is -2.23. The zero-order valence-electron chi connectivity index (χ0n) is 17.0. The summed E-state index contributed by atoms with van der Waals surface area (Å²) in [6.07, 6.45) is 2.34. The Labute approximate surface area is 177 Å². The Morgan fingerprint density at radius 2 is 1.87 bits per heavy atom. The first kappa shape index (κ1) is 21.0. The molecule has 162 valence electrons. The summed E-state index contributed by atoms with van der Waals surface area (Å²) < 4.78 is 28.6. The van der Waals surface area contributed by atoms with Crippen molar-refractivity contribution in [3.8, 4) is 11.3 Å². The molecular weight excluding hydrogens is 404 g/mol. The van der Waals surface area contributed by atoms with Gasteiger partial charge in [0.05, 0.1) is 24.6 Å². The highest BCUT2D eigenvalue weighted by atomic mass is 32.2. The summed E-state index contributed by atoms with van der Waals surface area (Å²) >= 11 is 0. The molecule has 2 aromatic rings. The third kappa shape index (κ3) is 5.68. The molecule has 1 unspecified atom stereocenters. The second-order valence-corrected chi connectivity index (χ2v) is 10.3. The van der Waals surface area contributed by atoms with E-state index in [4.69, 9.17) is 4.42 Å². The Morgan fingerprint density at radius 3 is 2.57 bits per heavy atom. The molecule has 8 nitrogen and oxygen atoms in total. The van der Waals surface area contributed by atoms with Crippen LogP contribution >= 0.6 is 0 Å². The van der Waals surface area contributed by atoms with E-state index in [-0.39, 0.29) is 23.3 Å². The van der Waals surface area contributed by atoms with E-state index >= 15 is 0 Å². The molecule has 3 heterocycles. The van der Waals surface area contributed by atoms with Crippen LogP contribution in [0.4, 0.5) is 0 Å². The fourth-order valence-electron chi connectivity index (χ4n) is 3.97. The molecule has 30 heavy (non-hydrogen) atoms. The van der Waals surface area contributed by atoms with Gasteiger partial charge < -0.3 is 9.73 Å². The lowest BCUT2D eigenvalue weighted by molar-refractivity contribution is -0.122. The number of aromatic nitrogens is 1. The maximum atomic E-state index is 12.2. The number of oxazole rings is 1.